The maximum atomic E-state index is 5.93. The average molecular weight is 359 g/mol. The van der Waals surface area contributed by atoms with Gasteiger partial charge in [0.2, 0.25) is 0 Å². The van der Waals surface area contributed by atoms with Crippen LogP contribution in [0.1, 0.15) is 23.6 Å². The number of aliphatic imine (C=N–C) groups is 1. The van der Waals surface area contributed by atoms with Crippen LogP contribution in [0.15, 0.2) is 53.5 Å². The van der Waals surface area contributed by atoms with Gasteiger partial charge in [-0.3, -0.25) is 0 Å². The van der Waals surface area contributed by atoms with Gasteiger partial charge in [0.05, 0.1) is 6.54 Å². The highest BCUT2D eigenvalue weighted by atomic mass is 35.5. The summed E-state index contributed by atoms with van der Waals surface area (Å²) in [4.78, 5) is 6.84. The molecular weight excluding hydrogens is 332 g/mol. The molecule has 2 rings (SSSR count). The monoisotopic (exact) mass is 358 g/mol. The summed E-state index contributed by atoms with van der Waals surface area (Å²) in [6, 6.07) is 16.3. The van der Waals surface area contributed by atoms with Gasteiger partial charge in [-0.05, 0) is 49.8 Å². The normalized spacial score (nSPS) is 11.6. The summed E-state index contributed by atoms with van der Waals surface area (Å²) >= 11 is 5.93. The fourth-order valence-corrected chi connectivity index (χ4v) is 2.63. The van der Waals surface area contributed by atoms with Gasteiger partial charge in [-0.2, -0.15) is 0 Å². The molecule has 0 fully saturated rings. The van der Waals surface area contributed by atoms with Crippen molar-refractivity contribution in [2.75, 3.05) is 20.6 Å². The van der Waals surface area contributed by atoms with Crippen molar-refractivity contribution < 1.29 is 0 Å². The lowest BCUT2D eigenvalue weighted by atomic mass is 10.1. The molecule has 4 nitrogen and oxygen atoms in total. The number of nitrogens with zero attached hydrogens (tertiary/aromatic N) is 2. The number of rotatable bonds is 7. The summed E-state index contributed by atoms with van der Waals surface area (Å²) in [5.74, 6) is 0.817. The van der Waals surface area contributed by atoms with Gasteiger partial charge in [0.1, 0.15) is 0 Å². The Kier molecular flexibility index (Phi) is 7.76. The highest BCUT2D eigenvalue weighted by molar-refractivity contribution is 6.30. The first kappa shape index (κ1) is 19.3. The predicted molar refractivity (Wildman–Crippen MR) is 107 cm³/mol. The van der Waals surface area contributed by atoms with Gasteiger partial charge in [-0.25, -0.2) is 4.99 Å². The first-order valence-corrected chi connectivity index (χ1v) is 8.94. The third-order valence-electron chi connectivity index (χ3n) is 3.73. The first-order valence-electron chi connectivity index (χ1n) is 8.56. The Morgan fingerprint density at radius 2 is 1.68 bits per heavy atom. The number of hydrogen-bond donors (Lipinski definition) is 2. The van der Waals surface area contributed by atoms with E-state index in [9.17, 15) is 0 Å². The lowest BCUT2D eigenvalue weighted by Crippen LogP contribution is -2.37. The molecule has 0 saturated carbocycles. The van der Waals surface area contributed by atoms with E-state index >= 15 is 0 Å². The molecule has 0 saturated heterocycles. The molecule has 0 unspecified atom stereocenters. The van der Waals surface area contributed by atoms with E-state index in [1.807, 2.05) is 24.3 Å². The first-order chi connectivity index (χ1) is 12.1. The van der Waals surface area contributed by atoms with Crippen molar-refractivity contribution in [3.05, 3.63) is 70.2 Å². The molecule has 0 atom stereocenters. The second kappa shape index (κ2) is 10.1. The van der Waals surface area contributed by atoms with Crippen LogP contribution in [-0.2, 0) is 19.6 Å². The van der Waals surface area contributed by atoms with E-state index in [0.717, 1.165) is 36.2 Å². The molecule has 0 aliphatic heterocycles. The minimum Gasteiger partial charge on any atom is -0.357 e. The SMILES string of the molecule is CCNC(=NCc1ccc(Cl)cc1)NCc1ccccc1CN(C)C. The van der Waals surface area contributed by atoms with E-state index < -0.39 is 0 Å². The van der Waals surface area contributed by atoms with E-state index in [1.165, 1.54) is 11.1 Å². The van der Waals surface area contributed by atoms with Crippen LogP contribution in [0.3, 0.4) is 0 Å². The third-order valence-corrected chi connectivity index (χ3v) is 3.98. The van der Waals surface area contributed by atoms with E-state index in [1.54, 1.807) is 0 Å². The molecule has 134 valence electrons. The molecule has 0 aliphatic carbocycles. The van der Waals surface area contributed by atoms with E-state index in [4.69, 9.17) is 11.6 Å². The van der Waals surface area contributed by atoms with E-state index in [0.29, 0.717) is 6.54 Å². The van der Waals surface area contributed by atoms with Crippen LogP contribution < -0.4 is 10.6 Å². The molecule has 0 heterocycles. The Balaban J connectivity index is 2.01. The molecule has 5 heteroatoms. The largest absolute Gasteiger partial charge is 0.357 e. The van der Waals surface area contributed by atoms with Gasteiger partial charge in [0.15, 0.2) is 5.96 Å². The number of hydrogen-bond acceptors (Lipinski definition) is 2. The number of benzene rings is 2. The molecule has 2 N–H and O–H groups in total. The minimum atomic E-state index is 0.617. The van der Waals surface area contributed by atoms with E-state index in [2.05, 4.69) is 65.8 Å². The lowest BCUT2D eigenvalue weighted by Gasteiger charge is -2.16. The van der Waals surface area contributed by atoms with Gasteiger partial charge in [0, 0.05) is 24.7 Å². The number of nitrogens with one attached hydrogen (secondary N) is 2. The summed E-state index contributed by atoms with van der Waals surface area (Å²) in [5, 5.41) is 7.47. The molecule has 2 aromatic carbocycles. The highest BCUT2D eigenvalue weighted by Gasteiger charge is 2.04. The lowest BCUT2D eigenvalue weighted by molar-refractivity contribution is 0.400. The minimum absolute atomic E-state index is 0.617. The molecule has 2 aromatic rings. The van der Waals surface area contributed by atoms with Gasteiger partial charge in [0.25, 0.3) is 0 Å². The molecule has 0 radical (unpaired) electrons. The summed E-state index contributed by atoms with van der Waals surface area (Å²) in [5.41, 5.74) is 3.75. The second-order valence-electron chi connectivity index (χ2n) is 6.18. The van der Waals surface area contributed by atoms with Crippen molar-refractivity contribution in [2.24, 2.45) is 4.99 Å². The zero-order valence-electron chi connectivity index (χ0n) is 15.2. The topological polar surface area (TPSA) is 39.7 Å². The molecule has 25 heavy (non-hydrogen) atoms. The summed E-state index contributed by atoms with van der Waals surface area (Å²) in [6.45, 7) is 5.18. The Labute approximate surface area is 155 Å². The van der Waals surface area contributed by atoms with Crippen molar-refractivity contribution in [3.8, 4) is 0 Å². The summed E-state index contributed by atoms with van der Waals surface area (Å²) in [6.07, 6.45) is 0. The Morgan fingerprint density at radius 3 is 2.32 bits per heavy atom. The van der Waals surface area contributed by atoms with Crippen LogP contribution in [0.5, 0.6) is 0 Å². The predicted octanol–water partition coefficient (Wildman–Crippen LogP) is 3.66. The molecule has 0 spiro atoms. The van der Waals surface area contributed by atoms with Gasteiger partial charge in [-0.1, -0.05) is 48.0 Å². The smallest absolute Gasteiger partial charge is 0.191 e. The Morgan fingerprint density at radius 1 is 1.00 bits per heavy atom. The number of guanidine groups is 1. The molecular formula is C20H27ClN4. The molecule has 0 aromatic heterocycles. The quantitative estimate of drug-likeness (QED) is 0.586. The zero-order chi connectivity index (χ0) is 18.1. The van der Waals surface area contributed by atoms with E-state index in [-0.39, 0.29) is 0 Å². The molecule has 0 aliphatic rings. The van der Waals surface area contributed by atoms with Crippen LogP contribution in [0.25, 0.3) is 0 Å². The zero-order valence-corrected chi connectivity index (χ0v) is 16.0. The van der Waals surface area contributed by atoms with Crippen LogP contribution in [-0.4, -0.2) is 31.5 Å². The third kappa shape index (κ3) is 6.77. The second-order valence-corrected chi connectivity index (χ2v) is 6.62. The van der Waals surface area contributed by atoms with Crippen LogP contribution in [0.4, 0.5) is 0 Å². The average Bonchev–Trinajstić information content (AvgIpc) is 2.59. The number of halogens is 1. The Hall–Kier alpha value is -2.04. The summed E-state index contributed by atoms with van der Waals surface area (Å²) in [7, 11) is 4.17. The van der Waals surface area contributed by atoms with Crippen molar-refractivity contribution in [1.29, 1.82) is 0 Å². The highest BCUT2D eigenvalue weighted by Crippen LogP contribution is 2.11. The molecule has 0 bridgehead atoms. The maximum Gasteiger partial charge on any atom is 0.191 e. The maximum absolute atomic E-state index is 5.93. The fourth-order valence-electron chi connectivity index (χ4n) is 2.51. The van der Waals surface area contributed by atoms with Gasteiger partial charge < -0.3 is 15.5 Å². The van der Waals surface area contributed by atoms with Crippen molar-refractivity contribution in [1.82, 2.24) is 15.5 Å². The van der Waals surface area contributed by atoms with Crippen LogP contribution in [0, 0.1) is 0 Å². The fraction of sp³-hybridized carbons (Fsp3) is 0.350. The van der Waals surface area contributed by atoms with Crippen molar-refractivity contribution in [2.45, 2.75) is 26.6 Å². The van der Waals surface area contributed by atoms with Gasteiger partial charge >= 0.3 is 0 Å². The van der Waals surface area contributed by atoms with Crippen molar-refractivity contribution >= 4 is 17.6 Å². The molecule has 0 amide bonds. The summed E-state index contributed by atoms with van der Waals surface area (Å²) < 4.78 is 0. The van der Waals surface area contributed by atoms with Crippen LogP contribution >= 0.6 is 11.6 Å². The standard InChI is InChI=1S/C20H27ClN4/c1-4-22-20(23-13-16-9-11-19(21)12-10-16)24-14-17-7-5-6-8-18(17)15-25(2)3/h5-12H,4,13-15H2,1-3H3,(H2,22,23,24). The Bertz CT molecular complexity index is 680. The van der Waals surface area contributed by atoms with Crippen molar-refractivity contribution in [3.63, 3.8) is 0 Å². The van der Waals surface area contributed by atoms with Crippen LogP contribution in [0.2, 0.25) is 5.02 Å². The van der Waals surface area contributed by atoms with Gasteiger partial charge in [-0.15, -0.1) is 0 Å².